The van der Waals surface area contributed by atoms with Crippen LogP contribution in [0.3, 0.4) is 0 Å². The molecule has 1 aliphatic heterocycles. The summed E-state index contributed by atoms with van der Waals surface area (Å²) >= 11 is 3.09. The molecule has 2 aromatic heterocycles. The minimum atomic E-state index is -0.295. The third-order valence-electron chi connectivity index (χ3n) is 4.45. The van der Waals surface area contributed by atoms with Crippen molar-refractivity contribution in [2.75, 3.05) is 30.7 Å². The maximum absolute atomic E-state index is 12.2. The Morgan fingerprint density at radius 1 is 1.32 bits per heavy atom. The Morgan fingerprint density at radius 2 is 2.16 bits per heavy atom. The smallest absolute Gasteiger partial charge is 0.279 e. The number of amides is 1. The van der Waals surface area contributed by atoms with Gasteiger partial charge in [-0.25, -0.2) is 0 Å². The van der Waals surface area contributed by atoms with Gasteiger partial charge in [0.1, 0.15) is 5.76 Å². The number of hydrogen-bond acceptors (Lipinski definition) is 8. The van der Waals surface area contributed by atoms with Gasteiger partial charge in [-0.1, -0.05) is 34.7 Å². The lowest BCUT2D eigenvalue weighted by molar-refractivity contribution is 0.101. The predicted molar refractivity (Wildman–Crippen MR) is 97.4 cm³/mol. The monoisotopic (exact) mass is 379 g/mol. The van der Waals surface area contributed by atoms with Gasteiger partial charge in [0.05, 0.1) is 0 Å². The SMILES string of the molecule is O=C(Nc1nnc(SCCN2CCCCC2)s1)c1cc(C2CC2)on1. The van der Waals surface area contributed by atoms with Crippen molar-refractivity contribution in [3.63, 3.8) is 0 Å². The van der Waals surface area contributed by atoms with Gasteiger partial charge in [-0.05, 0) is 38.8 Å². The molecule has 1 N–H and O–H groups in total. The van der Waals surface area contributed by atoms with E-state index in [1.54, 1.807) is 17.8 Å². The van der Waals surface area contributed by atoms with Gasteiger partial charge < -0.3 is 9.42 Å². The van der Waals surface area contributed by atoms with Crippen LogP contribution in [0.1, 0.15) is 54.3 Å². The van der Waals surface area contributed by atoms with Crippen LogP contribution in [0.2, 0.25) is 0 Å². The van der Waals surface area contributed by atoms with Crippen molar-refractivity contribution in [1.29, 1.82) is 0 Å². The highest BCUT2D eigenvalue weighted by molar-refractivity contribution is 8.01. The molecular weight excluding hydrogens is 358 g/mol. The molecule has 134 valence electrons. The molecule has 9 heteroatoms. The number of nitrogens with zero attached hydrogens (tertiary/aromatic N) is 4. The Balaban J connectivity index is 1.24. The van der Waals surface area contributed by atoms with Gasteiger partial charge in [0, 0.05) is 24.3 Å². The molecule has 25 heavy (non-hydrogen) atoms. The lowest BCUT2D eigenvalue weighted by atomic mass is 10.1. The number of carbonyl (C=O) groups is 1. The molecule has 1 aliphatic carbocycles. The fraction of sp³-hybridized carbons (Fsp3) is 0.625. The number of hydrogen-bond donors (Lipinski definition) is 1. The highest BCUT2D eigenvalue weighted by atomic mass is 32.2. The van der Waals surface area contributed by atoms with E-state index in [2.05, 4.69) is 25.6 Å². The molecule has 0 aromatic carbocycles. The molecule has 1 saturated heterocycles. The first-order valence-electron chi connectivity index (χ1n) is 8.74. The zero-order valence-electron chi connectivity index (χ0n) is 13.9. The van der Waals surface area contributed by atoms with Gasteiger partial charge >= 0.3 is 0 Å². The summed E-state index contributed by atoms with van der Waals surface area (Å²) in [6.07, 6.45) is 6.21. The average Bonchev–Trinajstić information content (AvgIpc) is 3.18. The van der Waals surface area contributed by atoms with Crippen molar-refractivity contribution in [2.24, 2.45) is 0 Å². The minimum absolute atomic E-state index is 0.295. The van der Waals surface area contributed by atoms with Crippen molar-refractivity contribution in [3.8, 4) is 0 Å². The van der Waals surface area contributed by atoms with E-state index in [0.29, 0.717) is 16.7 Å². The first kappa shape index (κ1) is 17.0. The third-order valence-corrected chi connectivity index (χ3v) is 6.40. The van der Waals surface area contributed by atoms with Crippen molar-refractivity contribution in [3.05, 3.63) is 17.5 Å². The van der Waals surface area contributed by atoms with E-state index < -0.39 is 0 Å². The summed E-state index contributed by atoms with van der Waals surface area (Å²) in [6, 6.07) is 1.72. The first-order chi connectivity index (χ1) is 12.3. The Kier molecular flexibility index (Phi) is 5.33. The molecule has 0 unspecified atom stereocenters. The number of rotatable bonds is 7. The summed E-state index contributed by atoms with van der Waals surface area (Å²) in [4.78, 5) is 14.7. The molecule has 2 aromatic rings. The molecule has 3 heterocycles. The molecule has 1 saturated carbocycles. The van der Waals surface area contributed by atoms with Gasteiger partial charge in [-0.3, -0.25) is 10.1 Å². The largest absolute Gasteiger partial charge is 0.360 e. The van der Waals surface area contributed by atoms with Crippen molar-refractivity contribution in [2.45, 2.75) is 42.4 Å². The van der Waals surface area contributed by atoms with E-state index in [9.17, 15) is 4.79 Å². The fourth-order valence-corrected chi connectivity index (χ4v) is 4.70. The van der Waals surface area contributed by atoms with E-state index in [-0.39, 0.29) is 5.91 Å². The summed E-state index contributed by atoms with van der Waals surface area (Å²) < 4.78 is 6.09. The predicted octanol–water partition coefficient (Wildman–Crippen LogP) is 3.23. The van der Waals surface area contributed by atoms with E-state index in [1.165, 1.54) is 43.7 Å². The number of carbonyl (C=O) groups excluding carboxylic acids is 1. The van der Waals surface area contributed by atoms with Crippen LogP contribution in [0.15, 0.2) is 14.9 Å². The van der Waals surface area contributed by atoms with Crippen molar-refractivity contribution < 1.29 is 9.32 Å². The maximum Gasteiger partial charge on any atom is 0.279 e. The first-order valence-corrected chi connectivity index (χ1v) is 10.5. The number of anilines is 1. The van der Waals surface area contributed by atoms with Crippen LogP contribution in [0.5, 0.6) is 0 Å². The second kappa shape index (κ2) is 7.84. The Morgan fingerprint density at radius 3 is 2.96 bits per heavy atom. The third kappa shape index (κ3) is 4.59. The second-order valence-electron chi connectivity index (χ2n) is 6.47. The molecular formula is C16H21N5O2S2. The number of thioether (sulfide) groups is 1. The van der Waals surface area contributed by atoms with Gasteiger partial charge in [-0.15, -0.1) is 10.2 Å². The van der Waals surface area contributed by atoms with Crippen LogP contribution in [0, 0.1) is 0 Å². The minimum Gasteiger partial charge on any atom is -0.360 e. The standard InChI is InChI=1S/C16H21N5O2S2/c22-14(12-10-13(23-20-12)11-4-5-11)17-15-18-19-16(25-15)24-9-8-21-6-2-1-3-7-21/h10-11H,1-9H2,(H,17,18,22). The summed E-state index contributed by atoms with van der Waals surface area (Å²) in [5, 5.41) is 15.3. The molecule has 0 spiro atoms. The van der Waals surface area contributed by atoms with E-state index in [0.717, 1.165) is 35.2 Å². The number of piperidine rings is 1. The quantitative estimate of drug-likeness (QED) is 0.584. The lowest BCUT2D eigenvalue weighted by Gasteiger charge is -2.25. The van der Waals surface area contributed by atoms with Crippen LogP contribution < -0.4 is 5.32 Å². The van der Waals surface area contributed by atoms with Crippen molar-refractivity contribution >= 4 is 34.1 Å². The highest BCUT2D eigenvalue weighted by Crippen LogP contribution is 2.40. The van der Waals surface area contributed by atoms with E-state index in [4.69, 9.17) is 4.52 Å². The van der Waals surface area contributed by atoms with Crippen LogP contribution in [0.4, 0.5) is 5.13 Å². The normalized spacial score (nSPS) is 18.4. The fourth-order valence-electron chi connectivity index (χ4n) is 2.88. The number of nitrogens with one attached hydrogen (secondary N) is 1. The molecule has 0 bridgehead atoms. The zero-order chi connectivity index (χ0) is 17.1. The molecule has 2 aliphatic rings. The average molecular weight is 380 g/mol. The molecule has 0 atom stereocenters. The summed E-state index contributed by atoms with van der Waals surface area (Å²) in [5.74, 6) is 1.95. The summed E-state index contributed by atoms with van der Waals surface area (Å²) in [7, 11) is 0. The molecule has 1 amide bonds. The number of likely N-dealkylation sites (tertiary alicyclic amines) is 1. The lowest BCUT2D eigenvalue weighted by Crippen LogP contribution is -2.31. The Hall–Kier alpha value is -1.45. The molecule has 0 radical (unpaired) electrons. The Bertz CT molecular complexity index is 722. The van der Waals surface area contributed by atoms with Gasteiger partial charge in [0.25, 0.3) is 5.91 Å². The van der Waals surface area contributed by atoms with Crippen molar-refractivity contribution in [1.82, 2.24) is 20.3 Å². The van der Waals surface area contributed by atoms with E-state index in [1.807, 2.05) is 0 Å². The summed E-state index contributed by atoms with van der Waals surface area (Å²) in [5.41, 5.74) is 0.302. The van der Waals surface area contributed by atoms with Crippen LogP contribution in [-0.4, -0.2) is 51.5 Å². The van der Waals surface area contributed by atoms with E-state index >= 15 is 0 Å². The zero-order valence-corrected chi connectivity index (χ0v) is 15.6. The second-order valence-corrected chi connectivity index (χ2v) is 8.79. The topological polar surface area (TPSA) is 84.2 Å². The van der Waals surface area contributed by atoms with Crippen LogP contribution in [0.25, 0.3) is 0 Å². The van der Waals surface area contributed by atoms with Crippen LogP contribution in [-0.2, 0) is 0 Å². The Labute approximate surface area is 154 Å². The van der Waals surface area contributed by atoms with Gasteiger partial charge in [0.15, 0.2) is 10.0 Å². The molecule has 7 nitrogen and oxygen atoms in total. The number of aromatic nitrogens is 3. The maximum atomic E-state index is 12.2. The summed E-state index contributed by atoms with van der Waals surface area (Å²) in [6.45, 7) is 3.49. The highest BCUT2D eigenvalue weighted by Gasteiger charge is 2.29. The molecule has 4 rings (SSSR count). The van der Waals surface area contributed by atoms with Gasteiger partial charge in [-0.2, -0.15) is 0 Å². The van der Waals surface area contributed by atoms with Gasteiger partial charge in [0.2, 0.25) is 5.13 Å². The molecule has 2 fully saturated rings. The van der Waals surface area contributed by atoms with Crippen LogP contribution >= 0.6 is 23.1 Å².